The summed E-state index contributed by atoms with van der Waals surface area (Å²) in [4.78, 5) is 4.35. The van der Waals surface area contributed by atoms with Gasteiger partial charge in [0.05, 0.1) is 5.54 Å². The summed E-state index contributed by atoms with van der Waals surface area (Å²) in [6.07, 6.45) is 1.90. The van der Waals surface area contributed by atoms with E-state index in [-0.39, 0.29) is 0 Å². The molecule has 0 saturated carbocycles. The Labute approximate surface area is 89.0 Å². The van der Waals surface area contributed by atoms with Crippen molar-refractivity contribution >= 4 is 0 Å². The topological polar surface area (TPSA) is 74.2 Å². The SMILES string of the molecule is CC(C)(N)c1noc(C2CCOCC2)n1. The van der Waals surface area contributed by atoms with E-state index in [1.807, 2.05) is 13.8 Å². The molecule has 1 aliphatic heterocycles. The maximum Gasteiger partial charge on any atom is 0.230 e. The van der Waals surface area contributed by atoms with Gasteiger partial charge < -0.3 is 15.0 Å². The van der Waals surface area contributed by atoms with Gasteiger partial charge in [-0.15, -0.1) is 0 Å². The number of aromatic nitrogens is 2. The summed E-state index contributed by atoms with van der Waals surface area (Å²) in [6, 6.07) is 0. The first kappa shape index (κ1) is 10.6. The van der Waals surface area contributed by atoms with Gasteiger partial charge in [-0.05, 0) is 26.7 Å². The summed E-state index contributed by atoms with van der Waals surface area (Å²) in [7, 11) is 0. The number of ether oxygens (including phenoxy) is 1. The molecular formula is C10H17N3O2. The molecule has 2 rings (SSSR count). The maximum atomic E-state index is 5.89. The summed E-state index contributed by atoms with van der Waals surface area (Å²) < 4.78 is 10.5. The molecule has 0 spiro atoms. The second-order valence-corrected chi connectivity index (χ2v) is 4.56. The minimum Gasteiger partial charge on any atom is -0.381 e. The Bertz CT molecular complexity index is 324. The molecule has 0 aliphatic carbocycles. The summed E-state index contributed by atoms with van der Waals surface area (Å²) in [5.74, 6) is 1.61. The predicted octanol–water partition coefficient (Wildman–Crippen LogP) is 1.16. The van der Waals surface area contributed by atoms with Crippen LogP contribution in [0.15, 0.2) is 4.52 Å². The molecular weight excluding hydrogens is 194 g/mol. The molecule has 0 radical (unpaired) electrons. The highest BCUT2D eigenvalue weighted by Crippen LogP contribution is 2.26. The third kappa shape index (κ3) is 2.35. The fourth-order valence-corrected chi connectivity index (χ4v) is 1.61. The van der Waals surface area contributed by atoms with Crippen LogP contribution in [0.4, 0.5) is 0 Å². The van der Waals surface area contributed by atoms with Gasteiger partial charge in [0.15, 0.2) is 5.82 Å². The molecule has 2 N–H and O–H groups in total. The average molecular weight is 211 g/mol. The van der Waals surface area contributed by atoms with Crippen molar-refractivity contribution in [2.24, 2.45) is 5.73 Å². The molecule has 84 valence electrons. The molecule has 0 unspecified atom stereocenters. The van der Waals surface area contributed by atoms with Crippen molar-refractivity contribution in [3.63, 3.8) is 0 Å². The molecule has 1 fully saturated rings. The highest BCUT2D eigenvalue weighted by molar-refractivity contribution is 5.02. The predicted molar refractivity (Wildman–Crippen MR) is 54.3 cm³/mol. The number of nitrogens with two attached hydrogens (primary N) is 1. The van der Waals surface area contributed by atoms with Gasteiger partial charge in [0.1, 0.15) is 0 Å². The zero-order valence-electron chi connectivity index (χ0n) is 9.19. The second-order valence-electron chi connectivity index (χ2n) is 4.56. The van der Waals surface area contributed by atoms with E-state index in [0.29, 0.717) is 17.6 Å². The molecule has 0 aromatic carbocycles. The van der Waals surface area contributed by atoms with Gasteiger partial charge in [-0.1, -0.05) is 5.16 Å². The zero-order chi connectivity index (χ0) is 10.9. The van der Waals surface area contributed by atoms with Crippen molar-refractivity contribution in [2.75, 3.05) is 13.2 Å². The van der Waals surface area contributed by atoms with Gasteiger partial charge in [0.25, 0.3) is 0 Å². The van der Waals surface area contributed by atoms with Crippen LogP contribution in [0.3, 0.4) is 0 Å². The summed E-state index contributed by atoms with van der Waals surface area (Å²) in [5.41, 5.74) is 5.36. The molecule has 1 aromatic heterocycles. The van der Waals surface area contributed by atoms with Crippen LogP contribution in [-0.4, -0.2) is 23.4 Å². The first-order valence-electron chi connectivity index (χ1n) is 5.28. The van der Waals surface area contributed by atoms with Crippen LogP contribution in [0.1, 0.15) is 44.3 Å². The van der Waals surface area contributed by atoms with E-state index >= 15 is 0 Å². The van der Waals surface area contributed by atoms with Gasteiger partial charge in [-0.2, -0.15) is 4.98 Å². The lowest BCUT2D eigenvalue weighted by Gasteiger charge is -2.18. The van der Waals surface area contributed by atoms with Crippen molar-refractivity contribution in [2.45, 2.75) is 38.1 Å². The van der Waals surface area contributed by atoms with E-state index in [4.69, 9.17) is 15.0 Å². The Hall–Kier alpha value is -0.940. The standard InChI is InChI=1S/C10H17N3O2/c1-10(2,11)9-12-8(15-13-9)7-3-5-14-6-4-7/h7H,3-6,11H2,1-2H3. The van der Waals surface area contributed by atoms with Crippen LogP contribution in [0.5, 0.6) is 0 Å². The minimum atomic E-state index is -0.535. The number of rotatable bonds is 2. The molecule has 0 amide bonds. The summed E-state index contributed by atoms with van der Waals surface area (Å²) in [5, 5.41) is 3.91. The molecule has 5 heteroatoms. The van der Waals surface area contributed by atoms with Crippen molar-refractivity contribution in [1.82, 2.24) is 10.1 Å². The Kier molecular flexibility index (Phi) is 2.75. The molecule has 1 saturated heterocycles. The highest BCUT2D eigenvalue weighted by Gasteiger charge is 2.26. The normalized spacial score (nSPS) is 19.4. The molecule has 15 heavy (non-hydrogen) atoms. The molecule has 2 heterocycles. The van der Waals surface area contributed by atoms with E-state index in [2.05, 4.69) is 10.1 Å². The van der Waals surface area contributed by atoms with Crippen molar-refractivity contribution in [3.05, 3.63) is 11.7 Å². The average Bonchev–Trinajstić information content (AvgIpc) is 2.67. The molecule has 1 aromatic rings. The molecule has 0 bridgehead atoms. The molecule has 0 atom stereocenters. The Morgan fingerprint density at radius 3 is 2.53 bits per heavy atom. The van der Waals surface area contributed by atoms with Crippen LogP contribution < -0.4 is 5.73 Å². The lowest BCUT2D eigenvalue weighted by Crippen LogP contribution is -2.30. The number of hydrogen-bond donors (Lipinski definition) is 1. The first-order chi connectivity index (χ1) is 7.07. The third-order valence-electron chi connectivity index (χ3n) is 2.59. The van der Waals surface area contributed by atoms with Crippen LogP contribution in [0.25, 0.3) is 0 Å². The summed E-state index contributed by atoms with van der Waals surface area (Å²) >= 11 is 0. The first-order valence-corrected chi connectivity index (χ1v) is 5.28. The van der Waals surface area contributed by atoms with Crippen LogP contribution in [-0.2, 0) is 10.3 Å². The quantitative estimate of drug-likeness (QED) is 0.794. The number of nitrogens with zero attached hydrogens (tertiary/aromatic N) is 2. The maximum absolute atomic E-state index is 5.89. The second kappa shape index (κ2) is 3.90. The zero-order valence-corrected chi connectivity index (χ0v) is 9.19. The fraction of sp³-hybridized carbons (Fsp3) is 0.800. The van der Waals surface area contributed by atoms with E-state index in [1.165, 1.54) is 0 Å². The van der Waals surface area contributed by atoms with Gasteiger partial charge in [0, 0.05) is 19.1 Å². The van der Waals surface area contributed by atoms with E-state index in [1.54, 1.807) is 0 Å². The minimum absolute atomic E-state index is 0.336. The number of hydrogen-bond acceptors (Lipinski definition) is 5. The van der Waals surface area contributed by atoms with Crippen molar-refractivity contribution in [1.29, 1.82) is 0 Å². The van der Waals surface area contributed by atoms with Gasteiger partial charge >= 0.3 is 0 Å². The Balaban J connectivity index is 2.12. The van der Waals surface area contributed by atoms with E-state index in [0.717, 1.165) is 26.1 Å². The van der Waals surface area contributed by atoms with Crippen LogP contribution in [0.2, 0.25) is 0 Å². The highest BCUT2D eigenvalue weighted by atomic mass is 16.5. The van der Waals surface area contributed by atoms with Gasteiger partial charge in [-0.3, -0.25) is 0 Å². The summed E-state index contributed by atoms with van der Waals surface area (Å²) in [6.45, 7) is 5.28. The third-order valence-corrected chi connectivity index (χ3v) is 2.59. The Morgan fingerprint density at radius 2 is 2.00 bits per heavy atom. The van der Waals surface area contributed by atoms with Crippen molar-refractivity contribution < 1.29 is 9.26 Å². The largest absolute Gasteiger partial charge is 0.381 e. The van der Waals surface area contributed by atoms with E-state index in [9.17, 15) is 0 Å². The van der Waals surface area contributed by atoms with E-state index < -0.39 is 5.54 Å². The molecule has 5 nitrogen and oxygen atoms in total. The Morgan fingerprint density at radius 1 is 1.33 bits per heavy atom. The smallest absolute Gasteiger partial charge is 0.230 e. The molecule has 1 aliphatic rings. The van der Waals surface area contributed by atoms with Gasteiger partial charge in [0.2, 0.25) is 5.89 Å². The van der Waals surface area contributed by atoms with Crippen LogP contribution >= 0.6 is 0 Å². The fourth-order valence-electron chi connectivity index (χ4n) is 1.61. The lowest BCUT2D eigenvalue weighted by atomic mass is 10.0. The monoisotopic (exact) mass is 211 g/mol. The van der Waals surface area contributed by atoms with Crippen molar-refractivity contribution in [3.8, 4) is 0 Å². The lowest BCUT2D eigenvalue weighted by molar-refractivity contribution is 0.0778. The van der Waals surface area contributed by atoms with Crippen LogP contribution in [0, 0.1) is 0 Å². The van der Waals surface area contributed by atoms with Gasteiger partial charge in [-0.25, -0.2) is 0 Å².